The number of hydrogen-bond donors (Lipinski definition) is 1. The second-order valence-corrected chi connectivity index (χ2v) is 5.64. The molecule has 98 valence electrons. The highest BCUT2D eigenvalue weighted by Crippen LogP contribution is 2.18. The van der Waals surface area contributed by atoms with Crippen molar-refractivity contribution in [2.75, 3.05) is 13.1 Å². The van der Waals surface area contributed by atoms with E-state index in [0.29, 0.717) is 24.8 Å². The summed E-state index contributed by atoms with van der Waals surface area (Å²) >= 11 is 0. The lowest BCUT2D eigenvalue weighted by Crippen LogP contribution is -2.51. The molecule has 0 aromatic heterocycles. The molecule has 0 aromatic carbocycles. The SMILES string of the molecule is CC(=O)NC1CC(C)CN(C(=O)CC(C)C)C1. The molecule has 0 radical (unpaired) electrons. The Morgan fingerprint density at radius 3 is 2.53 bits per heavy atom. The second kappa shape index (κ2) is 6.03. The highest BCUT2D eigenvalue weighted by atomic mass is 16.2. The van der Waals surface area contributed by atoms with Crippen LogP contribution >= 0.6 is 0 Å². The van der Waals surface area contributed by atoms with Gasteiger partial charge in [-0.3, -0.25) is 9.59 Å². The van der Waals surface area contributed by atoms with Crippen molar-refractivity contribution in [3.8, 4) is 0 Å². The Morgan fingerprint density at radius 1 is 1.35 bits per heavy atom. The Labute approximate surface area is 104 Å². The molecule has 1 rings (SSSR count). The van der Waals surface area contributed by atoms with Crippen molar-refractivity contribution in [2.45, 2.75) is 46.6 Å². The van der Waals surface area contributed by atoms with E-state index in [-0.39, 0.29) is 17.9 Å². The summed E-state index contributed by atoms with van der Waals surface area (Å²) in [7, 11) is 0. The number of hydrogen-bond acceptors (Lipinski definition) is 2. The molecule has 2 unspecified atom stereocenters. The molecule has 0 aliphatic carbocycles. The molecule has 0 spiro atoms. The minimum atomic E-state index is -0.0136. The Hall–Kier alpha value is -1.06. The minimum absolute atomic E-state index is 0.0136. The van der Waals surface area contributed by atoms with Crippen LogP contribution in [0.15, 0.2) is 0 Å². The van der Waals surface area contributed by atoms with Crippen LogP contribution in [0.4, 0.5) is 0 Å². The van der Waals surface area contributed by atoms with Gasteiger partial charge in [0.15, 0.2) is 0 Å². The van der Waals surface area contributed by atoms with Crippen LogP contribution in [0.2, 0.25) is 0 Å². The highest BCUT2D eigenvalue weighted by Gasteiger charge is 2.28. The van der Waals surface area contributed by atoms with E-state index >= 15 is 0 Å². The first-order valence-corrected chi connectivity index (χ1v) is 6.43. The van der Waals surface area contributed by atoms with Gasteiger partial charge in [-0.1, -0.05) is 20.8 Å². The molecule has 0 saturated carbocycles. The van der Waals surface area contributed by atoms with E-state index in [0.717, 1.165) is 13.0 Å². The normalized spacial score (nSPS) is 24.9. The number of piperidine rings is 1. The zero-order chi connectivity index (χ0) is 13.0. The smallest absolute Gasteiger partial charge is 0.222 e. The summed E-state index contributed by atoms with van der Waals surface area (Å²) in [6.45, 7) is 9.24. The van der Waals surface area contributed by atoms with E-state index in [9.17, 15) is 9.59 Å². The van der Waals surface area contributed by atoms with Gasteiger partial charge in [-0.15, -0.1) is 0 Å². The van der Waals surface area contributed by atoms with Crippen LogP contribution in [0.5, 0.6) is 0 Å². The van der Waals surface area contributed by atoms with Gasteiger partial charge in [-0.25, -0.2) is 0 Å². The Bertz CT molecular complexity index is 289. The van der Waals surface area contributed by atoms with Crippen molar-refractivity contribution < 1.29 is 9.59 Å². The van der Waals surface area contributed by atoms with Crippen LogP contribution in [-0.2, 0) is 9.59 Å². The van der Waals surface area contributed by atoms with Gasteiger partial charge in [0.25, 0.3) is 0 Å². The number of likely N-dealkylation sites (tertiary alicyclic amines) is 1. The third-order valence-electron chi connectivity index (χ3n) is 3.00. The predicted octanol–water partition coefficient (Wildman–Crippen LogP) is 1.41. The third-order valence-corrected chi connectivity index (χ3v) is 3.00. The van der Waals surface area contributed by atoms with Crippen molar-refractivity contribution in [1.29, 1.82) is 0 Å². The number of nitrogens with zero attached hydrogens (tertiary/aromatic N) is 1. The largest absolute Gasteiger partial charge is 0.352 e. The van der Waals surface area contributed by atoms with Crippen molar-refractivity contribution in [1.82, 2.24) is 10.2 Å². The van der Waals surface area contributed by atoms with Crippen molar-refractivity contribution in [3.63, 3.8) is 0 Å². The van der Waals surface area contributed by atoms with Crippen molar-refractivity contribution >= 4 is 11.8 Å². The standard InChI is InChI=1S/C13H24N2O2/c1-9(2)5-13(17)15-7-10(3)6-12(8-15)14-11(4)16/h9-10,12H,5-8H2,1-4H3,(H,14,16). The maximum Gasteiger partial charge on any atom is 0.222 e. The topological polar surface area (TPSA) is 49.4 Å². The minimum Gasteiger partial charge on any atom is -0.352 e. The van der Waals surface area contributed by atoms with Crippen molar-refractivity contribution in [3.05, 3.63) is 0 Å². The van der Waals surface area contributed by atoms with Crippen LogP contribution in [0.25, 0.3) is 0 Å². The molecule has 2 amide bonds. The lowest BCUT2D eigenvalue weighted by Gasteiger charge is -2.37. The number of amides is 2. The van der Waals surface area contributed by atoms with Crippen LogP contribution in [0.1, 0.15) is 40.5 Å². The van der Waals surface area contributed by atoms with E-state index < -0.39 is 0 Å². The van der Waals surface area contributed by atoms with Gasteiger partial charge < -0.3 is 10.2 Å². The fourth-order valence-electron chi connectivity index (χ4n) is 2.43. The molecular formula is C13H24N2O2. The fraction of sp³-hybridized carbons (Fsp3) is 0.846. The molecule has 4 heteroatoms. The average molecular weight is 240 g/mol. The Balaban J connectivity index is 2.55. The molecule has 0 aromatic rings. The van der Waals surface area contributed by atoms with Gasteiger partial charge in [0.05, 0.1) is 0 Å². The summed E-state index contributed by atoms with van der Waals surface area (Å²) in [6, 6.07) is 0.118. The zero-order valence-corrected chi connectivity index (χ0v) is 11.3. The van der Waals surface area contributed by atoms with E-state index in [4.69, 9.17) is 0 Å². The maximum atomic E-state index is 12.0. The monoisotopic (exact) mass is 240 g/mol. The van der Waals surface area contributed by atoms with E-state index in [2.05, 4.69) is 26.1 Å². The summed E-state index contributed by atoms with van der Waals surface area (Å²) in [6.07, 6.45) is 1.56. The zero-order valence-electron chi connectivity index (χ0n) is 11.3. The average Bonchev–Trinajstić information content (AvgIpc) is 2.14. The van der Waals surface area contributed by atoms with Gasteiger partial charge in [0.1, 0.15) is 0 Å². The molecule has 1 heterocycles. The molecular weight excluding hydrogens is 216 g/mol. The Morgan fingerprint density at radius 2 is 2.00 bits per heavy atom. The summed E-state index contributed by atoms with van der Waals surface area (Å²) in [5, 5.41) is 2.92. The first-order chi connectivity index (χ1) is 7.88. The summed E-state index contributed by atoms with van der Waals surface area (Å²) in [4.78, 5) is 25.0. The fourth-order valence-corrected chi connectivity index (χ4v) is 2.43. The van der Waals surface area contributed by atoms with Gasteiger partial charge >= 0.3 is 0 Å². The summed E-state index contributed by atoms with van der Waals surface area (Å²) < 4.78 is 0. The quantitative estimate of drug-likeness (QED) is 0.810. The van der Waals surface area contributed by atoms with E-state index in [1.807, 2.05) is 4.90 Å². The first-order valence-electron chi connectivity index (χ1n) is 6.43. The molecule has 17 heavy (non-hydrogen) atoms. The van der Waals surface area contributed by atoms with Gasteiger partial charge in [0.2, 0.25) is 11.8 Å². The van der Waals surface area contributed by atoms with Gasteiger partial charge in [-0.05, 0) is 18.3 Å². The molecule has 1 saturated heterocycles. The lowest BCUT2D eigenvalue weighted by molar-refractivity contribution is -0.135. The Kier molecular flexibility index (Phi) is 4.97. The molecule has 1 N–H and O–H groups in total. The molecule has 1 fully saturated rings. The molecule has 0 bridgehead atoms. The van der Waals surface area contributed by atoms with Crippen molar-refractivity contribution in [2.24, 2.45) is 11.8 Å². The first kappa shape index (κ1) is 14.0. The predicted molar refractivity (Wildman–Crippen MR) is 67.4 cm³/mol. The van der Waals surface area contributed by atoms with Crippen LogP contribution in [0, 0.1) is 11.8 Å². The second-order valence-electron chi connectivity index (χ2n) is 5.64. The van der Waals surface area contributed by atoms with E-state index in [1.54, 1.807) is 0 Å². The highest BCUT2D eigenvalue weighted by molar-refractivity contribution is 5.77. The summed E-state index contributed by atoms with van der Waals surface area (Å²) in [5.41, 5.74) is 0. The number of carbonyl (C=O) groups excluding carboxylic acids is 2. The van der Waals surface area contributed by atoms with Crippen LogP contribution < -0.4 is 5.32 Å². The summed E-state index contributed by atoms with van der Waals surface area (Å²) in [5.74, 6) is 1.04. The van der Waals surface area contributed by atoms with Crippen LogP contribution in [0.3, 0.4) is 0 Å². The third kappa shape index (κ3) is 4.75. The lowest BCUT2D eigenvalue weighted by atomic mass is 9.95. The van der Waals surface area contributed by atoms with Crippen LogP contribution in [-0.4, -0.2) is 35.8 Å². The van der Waals surface area contributed by atoms with E-state index in [1.165, 1.54) is 6.92 Å². The molecule has 4 nitrogen and oxygen atoms in total. The molecule has 2 atom stereocenters. The van der Waals surface area contributed by atoms with Gasteiger partial charge in [0, 0.05) is 32.5 Å². The maximum absolute atomic E-state index is 12.0. The number of carbonyl (C=O) groups is 2. The molecule has 1 aliphatic rings. The number of rotatable bonds is 3. The van der Waals surface area contributed by atoms with Gasteiger partial charge in [-0.2, -0.15) is 0 Å². The number of nitrogens with one attached hydrogen (secondary N) is 1. The molecule has 1 aliphatic heterocycles.